The van der Waals surface area contributed by atoms with Crippen molar-refractivity contribution in [3.05, 3.63) is 65.7 Å². The van der Waals surface area contributed by atoms with E-state index >= 15 is 0 Å². The summed E-state index contributed by atoms with van der Waals surface area (Å²) in [5.41, 5.74) is 2.49. The third-order valence-electron chi connectivity index (χ3n) is 3.34. The van der Waals surface area contributed by atoms with E-state index in [4.69, 9.17) is 0 Å². The molecular formula is C17H18F3N. The summed E-state index contributed by atoms with van der Waals surface area (Å²) in [4.78, 5) is 0. The highest BCUT2D eigenvalue weighted by Gasteiger charge is 2.32. The average Bonchev–Trinajstić information content (AvgIpc) is 2.47. The molecule has 0 bridgehead atoms. The molecule has 0 fully saturated rings. The van der Waals surface area contributed by atoms with E-state index in [1.54, 1.807) is 30.3 Å². The summed E-state index contributed by atoms with van der Waals surface area (Å²) >= 11 is 0. The molecule has 21 heavy (non-hydrogen) atoms. The Hall–Kier alpha value is -1.97. The van der Waals surface area contributed by atoms with Crippen LogP contribution in [0.25, 0.3) is 0 Å². The standard InChI is InChI=1S/C17H18F3N/c1-2-13-8-10-15(11-9-13)21-16(12-17(18,19)20)14-6-4-3-5-7-14/h3-11,16,21H,2,12H2,1H3. The summed E-state index contributed by atoms with van der Waals surface area (Å²) in [7, 11) is 0. The molecule has 4 heteroatoms. The smallest absolute Gasteiger partial charge is 0.378 e. The minimum atomic E-state index is -4.21. The van der Waals surface area contributed by atoms with Crippen LogP contribution in [0, 0.1) is 0 Å². The van der Waals surface area contributed by atoms with E-state index in [1.807, 2.05) is 31.2 Å². The summed E-state index contributed by atoms with van der Waals surface area (Å²) in [6.07, 6.45) is -4.20. The lowest BCUT2D eigenvalue weighted by molar-refractivity contribution is -0.137. The number of halogens is 3. The van der Waals surface area contributed by atoms with Crippen molar-refractivity contribution in [3.8, 4) is 0 Å². The van der Waals surface area contributed by atoms with Crippen LogP contribution in [0.4, 0.5) is 18.9 Å². The van der Waals surface area contributed by atoms with Gasteiger partial charge in [0, 0.05) is 5.69 Å². The van der Waals surface area contributed by atoms with Gasteiger partial charge in [-0.15, -0.1) is 0 Å². The summed E-state index contributed by atoms with van der Waals surface area (Å²) in [6.45, 7) is 2.04. The van der Waals surface area contributed by atoms with Gasteiger partial charge in [0.15, 0.2) is 0 Å². The first-order valence-electron chi connectivity index (χ1n) is 6.95. The number of hydrogen-bond donors (Lipinski definition) is 1. The Kier molecular flexibility index (Phi) is 4.89. The van der Waals surface area contributed by atoms with Crippen LogP contribution in [0.5, 0.6) is 0 Å². The molecule has 0 radical (unpaired) electrons. The lowest BCUT2D eigenvalue weighted by atomic mass is 10.0. The number of alkyl halides is 3. The third kappa shape index (κ3) is 4.81. The van der Waals surface area contributed by atoms with E-state index in [0.717, 1.165) is 12.0 Å². The van der Waals surface area contributed by atoms with Crippen molar-refractivity contribution in [1.82, 2.24) is 0 Å². The molecule has 0 aromatic heterocycles. The zero-order valence-electron chi connectivity index (χ0n) is 11.8. The van der Waals surface area contributed by atoms with E-state index < -0.39 is 18.6 Å². The summed E-state index contributed by atoms with van der Waals surface area (Å²) in [6, 6.07) is 15.4. The van der Waals surface area contributed by atoms with Crippen LogP contribution < -0.4 is 5.32 Å². The van der Waals surface area contributed by atoms with Crippen LogP contribution in [-0.4, -0.2) is 6.18 Å². The topological polar surface area (TPSA) is 12.0 Å². The SMILES string of the molecule is CCc1ccc(NC(CC(F)(F)F)c2ccccc2)cc1. The van der Waals surface area contributed by atoms with Gasteiger partial charge >= 0.3 is 6.18 Å². The Morgan fingerprint density at radius 3 is 2.10 bits per heavy atom. The Morgan fingerprint density at radius 2 is 1.57 bits per heavy atom. The molecular weight excluding hydrogens is 275 g/mol. The molecule has 0 aliphatic rings. The maximum Gasteiger partial charge on any atom is 0.391 e. The van der Waals surface area contributed by atoms with Crippen molar-refractivity contribution < 1.29 is 13.2 Å². The van der Waals surface area contributed by atoms with Gasteiger partial charge in [0.2, 0.25) is 0 Å². The van der Waals surface area contributed by atoms with Gasteiger partial charge in [0.1, 0.15) is 0 Å². The molecule has 1 N–H and O–H groups in total. The normalized spacial score (nSPS) is 13.0. The van der Waals surface area contributed by atoms with Crippen LogP contribution in [-0.2, 0) is 6.42 Å². The predicted molar refractivity (Wildman–Crippen MR) is 79.3 cm³/mol. The Morgan fingerprint density at radius 1 is 0.952 bits per heavy atom. The second-order valence-electron chi connectivity index (χ2n) is 4.98. The maximum atomic E-state index is 12.8. The first-order chi connectivity index (χ1) is 9.98. The van der Waals surface area contributed by atoms with Crippen molar-refractivity contribution in [3.63, 3.8) is 0 Å². The van der Waals surface area contributed by atoms with Gasteiger partial charge in [-0.1, -0.05) is 49.4 Å². The molecule has 2 aromatic rings. The molecule has 1 atom stereocenters. The number of hydrogen-bond acceptors (Lipinski definition) is 1. The first kappa shape index (κ1) is 15.4. The third-order valence-corrected chi connectivity index (χ3v) is 3.34. The first-order valence-corrected chi connectivity index (χ1v) is 6.95. The number of nitrogens with one attached hydrogen (secondary N) is 1. The van der Waals surface area contributed by atoms with Gasteiger partial charge < -0.3 is 5.32 Å². The quantitative estimate of drug-likeness (QED) is 0.783. The van der Waals surface area contributed by atoms with Crippen LogP contribution in [0.2, 0.25) is 0 Å². The maximum absolute atomic E-state index is 12.8. The highest BCUT2D eigenvalue weighted by molar-refractivity contribution is 5.47. The van der Waals surface area contributed by atoms with Gasteiger partial charge in [-0.3, -0.25) is 0 Å². The molecule has 0 aliphatic carbocycles. The molecule has 1 unspecified atom stereocenters. The van der Waals surface area contributed by atoms with Gasteiger partial charge in [-0.2, -0.15) is 13.2 Å². The molecule has 2 aromatic carbocycles. The fourth-order valence-electron chi connectivity index (χ4n) is 2.21. The van der Waals surface area contributed by atoms with E-state index in [1.165, 1.54) is 0 Å². The fraction of sp³-hybridized carbons (Fsp3) is 0.294. The van der Waals surface area contributed by atoms with Gasteiger partial charge in [-0.25, -0.2) is 0 Å². The zero-order chi connectivity index (χ0) is 15.3. The number of benzene rings is 2. The second-order valence-corrected chi connectivity index (χ2v) is 4.98. The lowest BCUT2D eigenvalue weighted by Gasteiger charge is -2.22. The van der Waals surface area contributed by atoms with E-state index in [0.29, 0.717) is 11.3 Å². The number of anilines is 1. The van der Waals surface area contributed by atoms with Crippen LogP contribution in [0.3, 0.4) is 0 Å². The molecule has 0 spiro atoms. The molecule has 0 saturated carbocycles. The van der Waals surface area contributed by atoms with Crippen molar-refractivity contribution in [1.29, 1.82) is 0 Å². The van der Waals surface area contributed by atoms with Crippen molar-refractivity contribution in [2.45, 2.75) is 32.0 Å². The second kappa shape index (κ2) is 6.66. The lowest BCUT2D eigenvalue weighted by Crippen LogP contribution is -2.20. The predicted octanol–water partition coefficient (Wildman–Crippen LogP) is 5.35. The molecule has 0 amide bonds. The van der Waals surface area contributed by atoms with Gasteiger partial charge in [-0.05, 0) is 29.7 Å². The van der Waals surface area contributed by atoms with E-state index in [-0.39, 0.29) is 0 Å². The van der Waals surface area contributed by atoms with Crippen LogP contribution in [0.1, 0.15) is 30.5 Å². The Labute approximate surface area is 122 Å². The summed E-state index contributed by atoms with van der Waals surface area (Å²) in [5, 5.41) is 2.98. The highest BCUT2D eigenvalue weighted by atomic mass is 19.4. The minimum absolute atomic E-state index is 0.634. The molecule has 0 saturated heterocycles. The number of rotatable bonds is 5. The highest BCUT2D eigenvalue weighted by Crippen LogP contribution is 2.32. The molecule has 0 aliphatic heterocycles. The van der Waals surface area contributed by atoms with Crippen molar-refractivity contribution in [2.24, 2.45) is 0 Å². The number of aryl methyl sites for hydroxylation is 1. The summed E-state index contributed by atoms with van der Waals surface area (Å²) < 4.78 is 38.3. The minimum Gasteiger partial charge on any atom is -0.378 e. The monoisotopic (exact) mass is 293 g/mol. The van der Waals surface area contributed by atoms with Crippen molar-refractivity contribution >= 4 is 5.69 Å². The van der Waals surface area contributed by atoms with Crippen molar-refractivity contribution in [2.75, 3.05) is 5.32 Å². The molecule has 2 rings (SSSR count). The van der Waals surface area contributed by atoms with Crippen LogP contribution in [0.15, 0.2) is 54.6 Å². The van der Waals surface area contributed by atoms with Gasteiger partial charge in [0.25, 0.3) is 0 Å². The zero-order valence-corrected chi connectivity index (χ0v) is 11.8. The Balaban J connectivity index is 2.19. The fourth-order valence-corrected chi connectivity index (χ4v) is 2.21. The molecule has 0 heterocycles. The van der Waals surface area contributed by atoms with E-state index in [9.17, 15) is 13.2 Å². The summed E-state index contributed by atoms with van der Waals surface area (Å²) in [5.74, 6) is 0. The Bertz CT molecular complexity index is 546. The largest absolute Gasteiger partial charge is 0.391 e. The van der Waals surface area contributed by atoms with Gasteiger partial charge in [0.05, 0.1) is 12.5 Å². The van der Waals surface area contributed by atoms with E-state index in [2.05, 4.69) is 5.32 Å². The molecule has 112 valence electrons. The average molecular weight is 293 g/mol. The van der Waals surface area contributed by atoms with Crippen LogP contribution >= 0.6 is 0 Å². The molecule has 1 nitrogen and oxygen atoms in total.